The van der Waals surface area contributed by atoms with E-state index in [-0.39, 0.29) is 18.0 Å². The van der Waals surface area contributed by atoms with Gasteiger partial charge in [0.1, 0.15) is 11.3 Å². The maximum atomic E-state index is 11.2. The number of hydrogen-bond acceptors (Lipinski definition) is 3. The molecular formula is C15H22ClNO3. The van der Waals surface area contributed by atoms with Gasteiger partial charge in [-0.1, -0.05) is 13.0 Å². The number of halogens is 1. The first-order chi connectivity index (χ1) is 9.10. The van der Waals surface area contributed by atoms with E-state index in [2.05, 4.69) is 11.8 Å². The van der Waals surface area contributed by atoms with E-state index in [1.54, 1.807) is 12.1 Å². The minimum absolute atomic E-state index is 0. The highest BCUT2D eigenvalue weighted by molar-refractivity contribution is 5.91. The molecular weight excluding hydrogens is 278 g/mol. The van der Waals surface area contributed by atoms with Gasteiger partial charge in [-0.3, -0.25) is 4.90 Å². The van der Waals surface area contributed by atoms with Crippen molar-refractivity contribution < 1.29 is 14.6 Å². The maximum absolute atomic E-state index is 11.2. The van der Waals surface area contributed by atoms with Gasteiger partial charge < -0.3 is 9.84 Å². The second-order valence-electron chi connectivity index (χ2n) is 5.30. The van der Waals surface area contributed by atoms with Gasteiger partial charge in [0.2, 0.25) is 0 Å². The summed E-state index contributed by atoms with van der Waals surface area (Å²) in [6.45, 7) is 5.29. The van der Waals surface area contributed by atoms with Crippen LogP contribution in [-0.2, 0) is 6.54 Å². The van der Waals surface area contributed by atoms with Crippen molar-refractivity contribution in [3.8, 4) is 5.75 Å². The molecule has 1 aromatic rings. The van der Waals surface area contributed by atoms with Crippen molar-refractivity contribution in [3.63, 3.8) is 0 Å². The van der Waals surface area contributed by atoms with Gasteiger partial charge >= 0.3 is 5.97 Å². The van der Waals surface area contributed by atoms with E-state index in [9.17, 15) is 4.79 Å². The van der Waals surface area contributed by atoms with E-state index in [1.807, 2.05) is 6.07 Å². The molecule has 0 radical (unpaired) electrons. The van der Waals surface area contributed by atoms with Crippen LogP contribution in [0.4, 0.5) is 0 Å². The Bertz CT molecular complexity index is 456. The van der Waals surface area contributed by atoms with Crippen LogP contribution in [0.15, 0.2) is 18.2 Å². The van der Waals surface area contributed by atoms with Crippen molar-refractivity contribution in [3.05, 3.63) is 29.3 Å². The highest BCUT2D eigenvalue weighted by atomic mass is 35.5. The number of aromatic carboxylic acids is 1. The van der Waals surface area contributed by atoms with Crippen LogP contribution in [-0.4, -0.2) is 36.2 Å². The van der Waals surface area contributed by atoms with Gasteiger partial charge in [-0.15, -0.1) is 12.4 Å². The number of rotatable bonds is 4. The average Bonchev–Trinajstić information content (AvgIpc) is 2.41. The quantitative estimate of drug-likeness (QED) is 0.928. The number of ether oxygens (including phenoxy) is 1. The van der Waals surface area contributed by atoms with Gasteiger partial charge in [-0.2, -0.15) is 0 Å². The lowest BCUT2D eigenvalue weighted by Gasteiger charge is -2.30. The number of carboxylic acids is 1. The lowest BCUT2D eigenvalue weighted by Crippen LogP contribution is -2.32. The minimum Gasteiger partial charge on any atom is -0.496 e. The third-order valence-electron chi connectivity index (χ3n) is 3.78. The molecule has 1 N–H and O–H groups in total. The summed E-state index contributed by atoms with van der Waals surface area (Å²) in [4.78, 5) is 13.6. The summed E-state index contributed by atoms with van der Waals surface area (Å²) in [5, 5.41) is 9.17. The summed E-state index contributed by atoms with van der Waals surface area (Å²) in [6.07, 6.45) is 2.45. The number of likely N-dealkylation sites (tertiary alicyclic amines) is 1. The van der Waals surface area contributed by atoms with E-state index >= 15 is 0 Å². The first kappa shape index (κ1) is 16.8. The van der Waals surface area contributed by atoms with Crippen LogP contribution < -0.4 is 4.74 Å². The Morgan fingerprint density at radius 2 is 2.05 bits per heavy atom. The number of hydrogen-bond donors (Lipinski definition) is 1. The lowest BCUT2D eigenvalue weighted by atomic mass is 9.98. The van der Waals surface area contributed by atoms with Crippen molar-refractivity contribution in [2.24, 2.45) is 5.92 Å². The fourth-order valence-electron chi connectivity index (χ4n) is 2.50. The van der Waals surface area contributed by atoms with Crippen molar-refractivity contribution in [1.82, 2.24) is 4.90 Å². The van der Waals surface area contributed by atoms with Crippen LogP contribution in [0.1, 0.15) is 35.7 Å². The van der Waals surface area contributed by atoms with E-state index in [1.165, 1.54) is 20.0 Å². The third-order valence-corrected chi connectivity index (χ3v) is 3.78. The van der Waals surface area contributed by atoms with Crippen LogP contribution in [0.2, 0.25) is 0 Å². The topological polar surface area (TPSA) is 49.8 Å². The molecule has 5 heteroatoms. The molecule has 0 atom stereocenters. The van der Waals surface area contributed by atoms with Gasteiger partial charge in [-0.05, 0) is 49.5 Å². The first-order valence-electron chi connectivity index (χ1n) is 6.72. The molecule has 1 heterocycles. The van der Waals surface area contributed by atoms with Crippen LogP contribution in [0.25, 0.3) is 0 Å². The number of nitrogens with zero attached hydrogens (tertiary/aromatic N) is 1. The summed E-state index contributed by atoms with van der Waals surface area (Å²) in [5.74, 6) is 0.288. The van der Waals surface area contributed by atoms with E-state index in [0.29, 0.717) is 5.75 Å². The van der Waals surface area contributed by atoms with Gasteiger partial charge in [-0.25, -0.2) is 4.79 Å². The van der Waals surface area contributed by atoms with Gasteiger partial charge in [0, 0.05) is 6.54 Å². The standard InChI is InChI=1S/C15H21NO3.ClH/c1-11-5-7-16(8-6-11)10-12-3-4-14(19-2)13(9-12)15(17)18;/h3-4,9,11H,5-8,10H2,1-2H3,(H,17,18);1H. The molecule has 0 amide bonds. The smallest absolute Gasteiger partial charge is 0.339 e. The molecule has 1 saturated heterocycles. The summed E-state index contributed by atoms with van der Waals surface area (Å²) in [7, 11) is 1.49. The molecule has 112 valence electrons. The zero-order valence-corrected chi connectivity index (χ0v) is 12.8. The third kappa shape index (κ3) is 4.12. The monoisotopic (exact) mass is 299 g/mol. The largest absolute Gasteiger partial charge is 0.496 e. The zero-order valence-electron chi connectivity index (χ0n) is 12.0. The maximum Gasteiger partial charge on any atom is 0.339 e. The predicted molar refractivity (Wildman–Crippen MR) is 80.9 cm³/mol. The Morgan fingerprint density at radius 3 is 2.60 bits per heavy atom. The number of carbonyl (C=O) groups is 1. The second kappa shape index (κ2) is 7.50. The molecule has 2 rings (SSSR count). The Kier molecular flexibility index (Phi) is 6.30. The number of piperidine rings is 1. The molecule has 0 spiro atoms. The van der Waals surface area contributed by atoms with Crippen LogP contribution in [0.3, 0.4) is 0 Å². The van der Waals surface area contributed by atoms with Crippen molar-refractivity contribution in [2.75, 3.05) is 20.2 Å². The average molecular weight is 300 g/mol. The Hall–Kier alpha value is -1.26. The summed E-state index contributed by atoms with van der Waals surface area (Å²) in [5.41, 5.74) is 1.28. The lowest BCUT2D eigenvalue weighted by molar-refractivity contribution is 0.0693. The molecule has 0 saturated carbocycles. The first-order valence-corrected chi connectivity index (χ1v) is 6.72. The summed E-state index contributed by atoms with van der Waals surface area (Å²) < 4.78 is 5.07. The Balaban J connectivity index is 0.00000200. The molecule has 0 unspecified atom stereocenters. The number of methoxy groups -OCH3 is 1. The molecule has 4 nitrogen and oxygen atoms in total. The molecule has 0 aromatic heterocycles. The van der Waals surface area contributed by atoms with Crippen LogP contribution in [0, 0.1) is 5.92 Å². The van der Waals surface area contributed by atoms with Gasteiger partial charge in [0.25, 0.3) is 0 Å². The minimum atomic E-state index is -0.939. The normalized spacial score (nSPS) is 16.5. The molecule has 0 bridgehead atoms. The van der Waals surface area contributed by atoms with Crippen molar-refractivity contribution in [1.29, 1.82) is 0 Å². The van der Waals surface area contributed by atoms with Crippen molar-refractivity contribution in [2.45, 2.75) is 26.3 Å². The van der Waals surface area contributed by atoms with Gasteiger partial charge in [0.05, 0.1) is 7.11 Å². The van der Waals surface area contributed by atoms with Gasteiger partial charge in [0.15, 0.2) is 0 Å². The molecule has 20 heavy (non-hydrogen) atoms. The molecule has 1 fully saturated rings. The SMILES string of the molecule is COc1ccc(CN2CCC(C)CC2)cc1C(=O)O.Cl. The van der Waals surface area contributed by atoms with Crippen LogP contribution >= 0.6 is 12.4 Å². The predicted octanol–water partition coefficient (Wildman–Crippen LogP) is 3.05. The number of carboxylic acid groups (broad SMARTS) is 1. The van der Waals surface area contributed by atoms with Crippen molar-refractivity contribution >= 4 is 18.4 Å². The summed E-state index contributed by atoms with van der Waals surface area (Å²) >= 11 is 0. The number of benzene rings is 1. The second-order valence-corrected chi connectivity index (χ2v) is 5.30. The fourth-order valence-corrected chi connectivity index (χ4v) is 2.50. The molecule has 0 aliphatic carbocycles. The van der Waals surface area contributed by atoms with Crippen LogP contribution in [0.5, 0.6) is 5.75 Å². The van der Waals surface area contributed by atoms with E-state index < -0.39 is 5.97 Å². The highest BCUT2D eigenvalue weighted by Crippen LogP contribution is 2.22. The van der Waals surface area contributed by atoms with E-state index in [4.69, 9.17) is 9.84 Å². The summed E-state index contributed by atoms with van der Waals surface area (Å²) in [6, 6.07) is 5.41. The molecule has 1 aromatic carbocycles. The zero-order chi connectivity index (χ0) is 13.8. The Labute approximate surface area is 126 Å². The van der Waals surface area contributed by atoms with E-state index in [0.717, 1.165) is 31.1 Å². The fraction of sp³-hybridized carbons (Fsp3) is 0.533. The molecule has 1 aliphatic heterocycles. The molecule has 1 aliphatic rings. The highest BCUT2D eigenvalue weighted by Gasteiger charge is 2.17. The Morgan fingerprint density at radius 1 is 1.40 bits per heavy atom.